The highest BCUT2D eigenvalue weighted by atomic mass is 35.5. The van der Waals surface area contributed by atoms with E-state index >= 15 is 0 Å². The molecule has 34 heavy (non-hydrogen) atoms. The topological polar surface area (TPSA) is 117 Å². The zero-order chi connectivity index (χ0) is 24.6. The van der Waals surface area contributed by atoms with E-state index in [4.69, 9.17) is 25.8 Å². The van der Waals surface area contributed by atoms with Crippen molar-refractivity contribution in [3.63, 3.8) is 0 Å². The molecule has 180 valence electrons. The van der Waals surface area contributed by atoms with Crippen LogP contribution in [0, 0.1) is 6.92 Å². The van der Waals surface area contributed by atoms with Crippen molar-refractivity contribution in [3.8, 4) is 34.3 Å². The van der Waals surface area contributed by atoms with Crippen molar-refractivity contribution in [2.24, 2.45) is 0 Å². The van der Waals surface area contributed by atoms with E-state index < -0.39 is 6.04 Å². The second kappa shape index (κ2) is 9.44. The molecule has 1 aromatic heterocycles. The lowest BCUT2D eigenvalue weighted by Gasteiger charge is -2.27. The number of H-pyrrole nitrogens is 1. The van der Waals surface area contributed by atoms with Crippen molar-refractivity contribution in [1.82, 2.24) is 15.1 Å². The molecule has 0 spiro atoms. The largest absolute Gasteiger partial charge is 0.507 e. The van der Waals surface area contributed by atoms with Gasteiger partial charge in [-0.1, -0.05) is 11.6 Å². The van der Waals surface area contributed by atoms with E-state index in [1.54, 1.807) is 36.1 Å². The standard InChI is InChI=1S/C24H26ClN3O6/c1-12-8-16(30)14(11-15(12)25)20-19-21(27-26-20)24(31)28(6-5-7-29)22(19)13-9-17(32-2)23(34-4)18(10-13)33-3/h8-11,22,29-30H,5-7H2,1-4H3,(H,26,27). The number of hydrogen-bond donors (Lipinski definition) is 3. The number of aliphatic hydroxyl groups is 1. The molecule has 3 N–H and O–H groups in total. The second-order valence-corrected chi connectivity index (χ2v) is 8.32. The number of ether oxygens (including phenoxy) is 3. The molecular weight excluding hydrogens is 462 g/mol. The van der Waals surface area contributed by atoms with Crippen LogP contribution in [0.2, 0.25) is 5.02 Å². The predicted molar refractivity (Wildman–Crippen MR) is 126 cm³/mol. The number of fused-ring (bicyclic) bond motifs is 1. The molecule has 1 atom stereocenters. The van der Waals surface area contributed by atoms with Crippen LogP contribution >= 0.6 is 11.6 Å². The molecule has 1 aliphatic rings. The number of phenolic OH excluding ortho intramolecular Hbond substituents is 1. The number of benzene rings is 2. The van der Waals surface area contributed by atoms with Crippen molar-refractivity contribution in [3.05, 3.63) is 51.7 Å². The third-order valence-corrected chi connectivity index (χ3v) is 6.36. The van der Waals surface area contributed by atoms with Gasteiger partial charge in [0.15, 0.2) is 11.5 Å². The number of amides is 1. The number of aromatic hydroxyl groups is 1. The summed E-state index contributed by atoms with van der Waals surface area (Å²) in [6.45, 7) is 2.03. The molecular formula is C24H26ClN3O6. The van der Waals surface area contributed by atoms with Crippen molar-refractivity contribution < 1.29 is 29.2 Å². The summed E-state index contributed by atoms with van der Waals surface area (Å²) in [7, 11) is 4.56. The first-order valence-corrected chi connectivity index (χ1v) is 11.0. The van der Waals surface area contributed by atoms with E-state index in [1.807, 2.05) is 0 Å². The lowest BCUT2D eigenvalue weighted by molar-refractivity contribution is 0.0731. The van der Waals surface area contributed by atoms with Crippen LogP contribution in [0.5, 0.6) is 23.0 Å². The SMILES string of the molecule is COc1cc(C2c3c(-c4cc(Cl)c(C)cc4O)n[nH]c3C(=O)N2CCCO)cc(OC)c1OC. The lowest BCUT2D eigenvalue weighted by atomic mass is 9.94. The van der Waals surface area contributed by atoms with Gasteiger partial charge in [0.25, 0.3) is 5.91 Å². The molecule has 1 amide bonds. The van der Waals surface area contributed by atoms with Crippen molar-refractivity contribution in [1.29, 1.82) is 0 Å². The number of carbonyl (C=O) groups excluding carboxylic acids is 1. The first kappa shape index (κ1) is 23.7. The molecule has 0 aliphatic carbocycles. The predicted octanol–water partition coefficient (Wildman–Crippen LogP) is 3.70. The van der Waals surface area contributed by atoms with Gasteiger partial charge in [0.1, 0.15) is 17.1 Å². The van der Waals surface area contributed by atoms with Gasteiger partial charge in [-0.05, 0) is 48.7 Å². The maximum Gasteiger partial charge on any atom is 0.273 e. The number of carbonyl (C=O) groups is 1. The number of nitrogens with zero attached hydrogens (tertiary/aromatic N) is 2. The monoisotopic (exact) mass is 487 g/mol. The highest BCUT2D eigenvalue weighted by molar-refractivity contribution is 6.31. The Hall–Kier alpha value is -3.43. The number of halogens is 1. The number of methoxy groups -OCH3 is 3. The fourth-order valence-electron chi connectivity index (χ4n) is 4.34. The molecule has 3 aromatic rings. The number of aromatic amines is 1. The fraction of sp³-hybridized carbons (Fsp3) is 0.333. The Balaban J connectivity index is 1.95. The van der Waals surface area contributed by atoms with Gasteiger partial charge in [-0.15, -0.1) is 0 Å². The summed E-state index contributed by atoms with van der Waals surface area (Å²) in [5.74, 6) is 1.03. The molecule has 0 radical (unpaired) electrons. The number of aryl methyl sites for hydroxylation is 1. The molecule has 10 heteroatoms. The van der Waals surface area contributed by atoms with Gasteiger partial charge in [-0.2, -0.15) is 5.10 Å². The maximum atomic E-state index is 13.4. The van der Waals surface area contributed by atoms with Crippen molar-refractivity contribution in [2.75, 3.05) is 34.5 Å². The Kier molecular flexibility index (Phi) is 6.58. The van der Waals surface area contributed by atoms with Gasteiger partial charge in [0.05, 0.1) is 27.4 Å². The average molecular weight is 488 g/mol. The van der Waals surface area contributed by atoms with E-state index in [9.17, 15) is 15.0 Å². The van der Waals surface area contributed by atoms with Crippen molar-refractivity contribution >= 4 is 17.5 Å². The zero-order valence-corrected chi connectivity index (χ0v) is 20.1. The first-order valence-electron chi connectivity index (χ1n) is 10.7. The van der Waals surface area contributed by atoms with E-state index in [-0.39, 0.29) is 18.3 Å². The van der Waals surface area contributed by atoms with E-state index in [0.717, 1.165) is 5.56 Å². The Morgan fingerprint density at radius 2 is 1.79 bits per heavy atom. The number of rotatable bonds is 8. The van der Waals surface area contributed by atoms with Gasteiger partial charge in [0.2, 0.25) is 5.75 Å². The van der Waals surface area contributed by atoms with Crippen LogP contribution in [0.3, 0.4) is 0 Å². The van der Waals surface area contributed by atoms with E-state index in [1.165, 1.54) is 21.3 Å². The van der Waals surface area contributed by atoms with Crippen LogP contribution in [0.15, 0.2) is 24.3 Å². The number of phenols is 1. The van der Waals surface area contributed by atoms with Gasteiger partial charge < -0.3 is 29.3 Å². The summed E-state index contributed by atoms with van der Waals surface area (Å²) in [6, 6.07) is 6.16. The average Bonchev–Trinajstić information content (AvgIpc) is 3.37. The van der Waals surface area contributed by atoms with Crippen LogP contribution in [0.1, 0.15) is 39.6 Å². The minimum absolute atomic E-state index is 0.00102. The maximum absolute atomic E-state index is 13.4. The molecule has 4 rings (SSSR count). The van der Waals surface area contributed by atoms with E-state index in [2.05, 4.69) is 10.2 Å². The quantitative estimate of drug-likeness (QED) is 0.443. The number of nitrogens with one attached hydrogen (secondary N) is 1. The number of aliphatic hydroxyl groups excluding tert-OH is 1. The summed E-state index contributed by atoms with van der Waals surface area (Å²) in [4.78, 5) is 15.0. The molecule has 0 fully saturated rings. The number of aromatic nitrogens is 2. The molecule has 1 aliphatic heterocycles. The summed E-state index contributed by atoms with van der Waals surface area (Å²) in [6.07, 6.45) is 0.390. The van der Waals surface area contributed by atoms with E-state index in [0.29, 0.717) is 63.3 Å². The normalized spacial score (nSPS) is 14.9. The van der Waals surface area contributed by atoms with Crippen LogP contribution in [0.25, 0.3) is 11.3 Å². The Morgan fingerprint density at radius 1 is 1.12 bits per heavy atom. The third kappa shape index (κ3) is 3.80. The first-order chi connectivity index (χ1) is 16.4. The van der Waals surface area contributed by atoms with Crippen LogP contribution in [-0.4, -0.2) is 65.7 Å². The summed E-state index contributed by atoms with van der Waals surface area (Å²) >= 11 is 6.34. The van der Waals surface area contributed by atoms with Gasteiger partial charge >= 0.3 is 0 Å². The molecule has 2 aromatic carbocycles. The summed E-state index contributed by atoms with van der Waals surface area (Å²) in [5.41, 5.74) is 3.13. The third-order valence-electron chi connectivity index (χ3n) is 5.96. The van der Waals surface area contributed by atoms with Crippen LogP contribution in [-0.2, 0) is 0 Å². The lowest BCUT2D eigenvalue weighted by Crippen LogP contribution is -2.31. The van der Waals surface area contributed by atoms with Crippen molar-refractivity contribution in [2.45, 2.75) is 19.4 Å². The molecule has 0 bridgehead atoms. The summed E-state index contributed by atoms with van der Waals surface area (Å²) < 4.78 is 16.5. The Bertz CT molecular complexity index is 1220. The molecule has 2 heterocycles. The fourth-order valence-corrected chi connectivity index (χ4v) is 4.50. The van der Waals surface area contributed by atoms with Crippen LogP contribution < -0.4 is 14.2 Å². The Morgan fingerprint density at radius 3 is 2.38 bits per heavy atom. The highest BCUT2D eigenvalue weighted by Gasteiger charge is 2.43. The van der Waals surface area contributed by atoms with Crippen LogP contribution in [0.4, 0.5) is 0 Å². The molecule has 9 nitrogen and oxygen atoms in total. The van der Waals surface area contributed by atoms with Gasteiger partial charge in [0, 0.05) is 29.3 Å². The zero-order valence-electron chi connectivity index (χ0n) is 19.3. The highest BCUT2D eigenvalue weighted by Crippen LogP contribution is 2.48. The number of hydrogen-bond acceptors (Lipinski definition) is 7. The smallest absolute Gasteiger partial charge is 0.273 e. The molecule has 0 saturated carbocycles. The Labute approximate surface area is 201 Å². The summed E-state index contributed by atoms with van der Waals surface area (Å²) in [5, 5.41) is 27.8. The van der Waals surface area contributed by atoms with Gasteiger partial charge in [-0.3, -0.25) is 9.89 Å². The molecule has 0 saturated heterocycles. The molecule has 1 unspecified atom stereocenters. The van der Waals surface area contributed by atoms with Gasteiger partial charge in [-0.25, -0.2) is 0 Å². The minimum Gasteiger partial charge on any atom is -0.507 e. The minimum atomic E-state index is -0.587. The second-order valence-electron chi connectivity index (χ2n) is 7.92.